The molecule has 0 N–H and O–H groups in total. The summed E-state index contributed by atoms with van der Waals surface area (Å²) >= 11 is 0. The molecule has 2 fully saturated rings. The zero-order valence-electron chi connectivity index (χ0n) is 13.7. The first-order chi connectivity index (χ1) is 11.6. The number of likely N-dealkylation sites (tertiary alicyclic amines) is 1. The molecular formula is C19H22FNO3. The average molecular weight is 331 g/mol. The molecule has 0 aromatic heterocycles. The number of amides is 1. The molecule has 5 heteroatoms. The topological polar surface area (TPSA) is 46.6 Å². The highest BCUT2D eigenvalue weighted by atomic mass is 19.1. The molecule has 0 bridgehead atoms. The van der Waals surface area contributed by atoms with Crippen molar-refractivity contribution >= 4 is 11.7 Å². The lowest BCUT2D eigenvalue weighted by atomic mass is 9.81. The summed E-state index contributed by atoms with van der Waals surface area (Å²) in [5, 5.41) is 0. The van der Waals surface area contributed by atoms with Crippen LogP contribution < -0.4 is 4.74 Å². The molecule has 0 spiro atoms. The van der Waals surface area contributed by atoms with Crippen molar-refractivity contribution in [2.45, 2.75) is 57.1 Å². The predicted octanol–water partition coefficient (Wildman–Crippen LogP) is 2.88. The Hall–Kier alpha value is -1.91. The SMILES string of the molecule is O=C1CCCC[C@@H]1[C@H]1CCCN1C(=O)[C@@H]1Cc2cc(F)ccc2O1. The van der Waals surface area contributed by atoms with Gasteiger partial charge in [-0.1, -0.05) is 6.42 Å². The summed E-state index contributed by atoms with van der Waals surface area (Å²) in [6.45, 7) is 0.692. The van der Waals surface area contributed by atoms with Crippen molar-refractivity contribution in [2.24, 2.45) is 5.92 Å². The van der Waals surface area contributed by atoms with Crippen molar-refractivity contribution in [3.8, 4) is 5.75 Å². The molecule has 4 rings (SSSR count). The van der Waals surface area contributed by atoms with E-state index in [0.29, 0.717) is 30.9 Å². The molecule has 1 saturated carbocycles. The second-order valence-corrected chi connectivity index (χ2v) is 7.12. The summed E-state index contributed by atoms with van der Waals surface area (Å²) in [5.74, 6) is 0.541. The number of rotatable bonds is 2. The second kappa shape index (κ2) is 6.19. The maximum atomic E-state index is 13.4. The number of halogens is 1. The Balaban J connectivity index is 1.49. The minimum absolute atomic E-state index is 0.00794. The van der Waals surface area contributed by atoms with Gasteiger partial charge in [-0.3, -0.25) is 9.59 Å². The summed E-state index contributed by atoms with van der Waals surface area (Å²) in [5.41, 5.74) is 0.748. The summed E-state index contributed by atoms with van der Waals surface area (Å²) in [6, 6.07) is 4.40. The molecule has 128 valence electrons. The van der Waals surface area contributed by atoms with E-state index in [9.17, 15) is 14.0 Å². The third kappa shape index (κ3) is 2.70. The second-order valence-electron chi connectivity index (χ2n) is 7.12. The fraction of sp³-hybridized carbons (Fsp3) is 0.579. The summed E-state index contributed by atoms with van der Waals surface area (Å²) in [4.78, 5) is 27.1. The van der Waals surface area contributed by atoms with Crippen molar-refractivity contribution < 1.29 is 18.7 Å². The van der Waals surface area contributed by atoms with E-state index in [1.807, 2.05) is 4.90 Å². The Morgan fingerprint density at radius 2 is 2.08 bits per heavy atom. The van der Waals surface area contributed by atoms with Gasteiger partial charge in [0.1, 0.15) is 17.3 Å². The van der Waals surface area contributed by atoms with Gasteiger partial charge in [0.15, 0.2) is 6.10 Å². The molecule has 1 aliphatic carbocycles. The lowest BCUT2D eigenvalue weighted by Gasteiger charge is -2.34. The molecule has 1 aromatic carbocycles. The Labute approximate surface area is 141 Å². The Morgan fingerprint density at radius 3 is 2.92 bits per heavy atom. The monoisotopic (exact) mass is 331 g/mol. The number of fused-ring (bicyclic) bond motifs is 1. The molecule has 3 aliphatic rings. The molecular weight excluding hydrogens is 309 g/mol. The van der Waals surface area contributed by atoms with Gasteiger partial charge in [0, 0.05) is 36.9 Å². The van der Waals surface area contributed by atoms with Crippen molar-refractivity contribution in [2.75, 3.05) is 6.54 Å². The van der Waals surface area contributed by atoms with Crippen LogP contribution in [-0.4, -0.2) is 35.3 Å². The lowest BCUT2D eigenvalue weighted by Crippen LogP contribution is -2.48. The standard InChI is InChI=1S/C19H22FNO3/c20-13-7-8-17-12(10-13)11-18(24-17)19(23)21-9-3-5-15(21)14-4-1-2-6-16(14)22/h7-8,10,14-15,18H,1-6,9,11H2/t14-,15-,18+/m1/s1. The molecule has 24 heavy (non-hydrogen) atoms. The third-order valence-electron chi connectivity index (χ3n) is 5.62. The molecule has 0 unspecified atom stereocenters. The van der Waals surface area contributed by atoms with E-state index in [1.165, 1.54) is 12.1 Å². The Kier molecular flexibility index (Phi) is 4.02. The highest BCUT2D eigenvalue weighted by molar-refractivity contribution is 5.86. The molecule has 1 saturated heterocycles. The molecule has 0 radical (unpaired) electrons. The van der Waals surface area contributed by atoms with E-state index < -0.39 is 6.10 Å². The summed E-state index contributed by atoms with van der Waals surface area (Å²) in [7, 11) is 0. The van der Waals surface area contributed by atoms with Gasteiger partial charge in [-0.15, -0.1) is 0 Å². The van der Waals surface area contributed by atoms with E-state index in [4.69, 9.17) is 4.74 Å². The largest absolute Gasteiger partial charge is 0.480 e. The van der Waals surface area contributed by atoms with Crippen LogP contribution in [0.1, 0.15) is 44.1 Å². The highest BCUT2D eigenvalue weighted by Gasteiger charge is 2.42. The summed E-state index contributed by atoms with van der Waals surface area (Å²) < 4.78 is 19.1. The number of hydrogen-bond donors (Lipinski definition) is 0. The van der Waals surface area contributed by atoms with Crippen LogP contribution in [0.3, 0.4) is 0 Å². The molecule has 1 amide bonds. The van der Waals surface area contributed by atoms with Crippen molar-refractivity contribution in [1.82, 2.24) is 4.90 Å². The van der Waals surface area contributed by atoms with Gasteiger partial charge in [-0.2, -0.15) is 0 Å². The quantitative estimate of drug-likeness (QED) is 0.837. The minimum atomic E-state index is -0.582. The van der Waals surface area contributed by atoms with Crippen LogP contribution in [-0.2, 0) is 16.0 Å². The Bertz CT molecular complexity index is 675. The molecule has 3 atom stereocenters. The highest BCUT2D eigenvalue weighted by Crippen LogP contribution is 2.35. The van der Waals surface area contributed by atoms with Crippen molar-refractivity contribution in [1.29, 1.82) is 0 Å². The minimum Gasteiger partial charge on any atom is -0.480 e. The first-order valence-corrected chi connectivity index (χ1v) is 8.92. The van der Waals surface area contributed by atoms with E-state index in [-0.39, 0.29) is 23.7 Å². The summed E-state index contributed by atoms with van der Waals surface area (Å²) in [6.07, 6.45) is 5.25. The van der Waals surface area contributed by atoms with E-state index in [1.54, 1.807) is 6.07 Å². The van der Waals surface area contributed by atoms with Gasteiger partial charge in [0.2, 0.25) is 0 Å². The first kappa shape index (κ1) is 15.6. The van der Waals surface area contributed by atoms with Gasteiger partial charge >= 0.3 is 0 Å². The van der Waals surface area contributed by atoms with Crippen molar-refractivity contribution in [3.05, 3.63) is 29.6 Å². The van der Waals surface area contributed by atoms with Gasteiger partial charge in [0.05, 0.1) is 0 Å². The zero-order chi connectivity index (χ0) is 16.7. The van der Waals surface area contributed by atoms with Gasteiger partial charge in [-0.05, 0) is 43.9 Å². The van der Waals surface area contributed by atoms with E-state index in [2.05, 4.69) is 0 Å². The smallest absolute Gasteiger partial charge is 0.264 e. The number of ketones is 1. The maximum absolute atomic E-state index is 13.4. The lowest BCUT2D eigenvalue weighted by molar-refractivity contribution is -0.141. The van der Waals surface area contributed by atoms with Crippen molar-refractivity contribution in [3.63, 3.8) is 0 Å². The molecule has 1 aromatic rings. The number of carbonyl (C=O) groups excluding carboxylic acids is 2. The molecule has 4 nitrogen and oxygen atoms in total. The van der Waals surface area contributed by atoms with Gasteiger partial charge in [0.25, 0.3) is 5.91 Å². The van der Waals surface area contributed by atoms with Gasteiger partial charge < -0.3 is 9.64 Å². The first-order valence-electron chi connectivity index (χ1n) is 8.92. The van der Waals surface area contributed by atoms with Crippen LogP contribution in [0.15, 0.2) is 18.2 Å². The van der Waals surface area contributed by atoms with Crippen LogP contribution in [0.2, 0.25) is 0 Å². The third-order valence-corrected chi connectivity index (χ3v) is 5.62. The van der Waals surface area contributed by atoms with Crippen LogP contribution in [0, 0.1) is 11.7 Å². The zero-order valence-corrected chi connectivity index (χ0v) is 13.7. The average Bonchev–Trinajstić information content (AvgIpc) is 3.20. The normalized spacial score (nSPS) is 29.5. The Morgan fingerprint density at radius 1 is 1.21 bits per heavy atom. The number of ether oxygens (including phenoxy) is 1. The van der Waals surface area contributed by atoms with Gasteiger partial charge in [-0.25, -0.2) is 4.39 Å². The fourth-order valence-electron chi connectivity index (χ4n) is 4.44. The predicted molar refractivity (Wildman–Crippen MR) is 86.2 cm³/mol. The fourth-order valence-corrected chi connectivity index (χ4v) is 4.44. The molecule has 2 aliphatic heterocycles. The number of hydrogen-bond acceptors (Lipinski definition) is 3. The maximum Gasteiger partial charge on any atom is 0.264 e. The van der Waals surface area contributed by atoms with E-state index >= 15 is 0 Å². The number of benzene rings is 1. The van der Waals surface area contributed by atoms with Crippen LogP contribution in [0.25, 0.3) is 0 Å². The number of nitrogens with zero attached hydrogens (tertiary/aromatic N) is 1. The van der Waals surface area contributed by atoms with Crippen LogP contribution in [0.4, 0.5) is 4.39 Å². The van der Waals surface area contributed by atoms with Crippen LogP contribution >= 0.6 is 0 Å². The van der Waals surface area contributed by atoms with E-state index in [0.717, 1.165) is 37.7 Å². The van der Waals surface area contributed by atoms with Crippen LogP contribution in [0.5, 0.6) is 5.75 Å². The number of carbonyl (C=O) groups is 2. The number of Topliss-reactive ketones (excluding diaryl/α,β-unsaturated/α-hetero) is 1. The molecule has 2 heterocycles.